The van der Waals surface area contributed by atoms with Gasteiger partial charge in [0.25, 0.3) is 5.56 Å². The number of ether oxygens (including phenoxy) is 4. The maximum Gasteiger partial charge on any atom is 0.333 e. The maximum absolute atomic E-state index is 13.3. The number of aromatic nitrogens is 2. The van der Waals surface area contributed by atoms with E-state index in [1.54, 1.807) is 7.11 Å². The second kappa shape index (κ2) is 13.5. The average molecular weight is 654 g/mol. The van der Waals surface area contributed by atoms with E-state index in [9.17, 15) is 14.7 Å². The Kier molecular flexibility index (Phi) is 12.4. The molecule has 2 heterocycles. The van der Waals surface area contributed by atoms with Gasteiger partial charge >= 0.3 is 5.69 Å². The molecule has 2 rings (SSSR count). The van der Waals surface area contributed by atoms with Crippen molar-refractivity contribution >= 4 is 0 Å². The molecule has 1 saturated heterocycles. The molecule has 196 valence electrons. The summed E-state index contributed by atoms with van der Waals surface area (Å²) in [5.41, 5.74) is -1.16. The fourth-order valence-electron chi connectivity index (χ4n) is 4.77. The van der Waals surface area contributed by atoms with Crippen molar-refractivity contribution in [1.29, 1.82) is 0 Å². The molecule has 0 aromatic carbocycles. The number of aliphatic hydroxyl groups excluding tert-OH is 1. The van der Waals surface area contributed by atoms with Crippen molar-refractivity contribution in [1.82, 2.24) is 9.13 Å². The Morgan fingerprint density at radius 2 is 1.50 bits per heavy atom. The number of hydrogen-bond acceptors (Lipinski definition) is 7. The zero-order valence-corrected chi connectivity index (χ0v) is 24.5. The molecule has 0 amide bonds. The van der Waals surface area contributed by atoms with Crippen LogP contribution >= 0.6 is 0 Å². The van der Waals surface area contributed by atoms with Gasteiger partial charge in [-0.1, -0.05) is 41.5 Å². The smallest absolute Gasteiger partial charge is 0.333 e. The Balaban J connectivity index is 0.00000578. The van der Waals surface area contributed by atoms with E-state index in [-0.39, 0.29) is 69.0 Å². The Labute approximate surface area is 217 Å². The van der Waals surface area contributed by atoms with Crippen molar-refractivity contribution < 1.29 is 45.1 Å². The molecular weight excluding hydrogens is 612 g/mol. The SMILES string of the molecule is COCCOCCOCCn1c(=O)ccn([C@@H]2O[C@H](CO)C(C(C)(C)C)C2C(C)(C)C)c1=O.[W]. The van der Waals surface area contributed by atoms with Gasteiger partial charge in [0, 0.05) is 46.4 Å². The molecule has 0 spiro atoms. The third-order valence-electron chi connectivity index (χ3n) is 6.22. The van der Waals surface area contributed by atoms with Crippen molar-refractivity contribution in [3.8, 4) is 0 Å². The van der Waals surface area contributed by atoms with E-state index in [1.807, 2.05) is 0 Å². The molecule has 1 aromatic heterocycles. The Bertz CT molecular complexity index is 857. The molecule has 1 N–H and O–H groups in total. The first kappa shape index (κ1) is 31.2. The number of rotatable bonds is 11. The average Bonchev–Trinajstić information content (AvgIpc) is 3.12. The Hall–Kier alpha value is -0.832. The van der Waals surface area contributed by atoms with Gasteiger partial charge in [0.05, 0.1) is 52.3 Å². The predicted molar refractivity (Wildman–Crippen MR) is 125 cm³/mol. The summed E-state index contributed by atoms with van der Waals surface area (Å²) < 4.78 is 24.7. The minimum absolute atomic E-state index is 0. The van der Waals surface area contributed by atoms with Crippen LogP contribution in [0.2, 0.25) is 0 Å². The van der Waals surface area contributed by atoms with Gasteiger partial charge in [-0.2, -0.15) is 0 Å². The summed E-state index contributed by atoms with van der Waals surface area (Å²) in [7, 11) is 1.61. The Morgan fingerprint density at radius 3 is 2.03 bits per heavy atom. The van der Waals surface area contributed by atoms with Gasteiger partial charge < -0.3 is 24.1 Å². The van der Waals surface area contributed by atoms with Crippen LogP contribution in [-0.2, 0) is 46.6 Å². The molecule has 0 saturated carbocycles. The molecule has 10 heteroatoms. The van der Waals surface area contributed by atoms with Crippen LogP contribution in [0.15, 0.2) is 21.9 Å². The molecular formula is C24H42N2O7W. The van der Waals surface area contributed by atoms with Crippen molar-refractivity contribution in [2.24, 2.45) is 22.7 Å². The molecule has 1 aliphatic heterocycles. The first-order valence-electron chi connectivity index (χ1n) is 11.7. The van der Waals surface area contributed by atoms with Crippen molar-refractivity contribution in [3.63, 3.8) is 0 Å². The van der Waals surface area contributed by atoms with Gasteiger partial charge in [0.2, 0.25) is 0 Å². The first-order chi connectivity index (χ1) is 15.4. The van der Waals surface area contributed by atoms with E-state index in [4.69, 9.17) is 18.9 Å². The summed E-state index contributed by atoms with van der Waals surface area (Å²) in [4.78, 5) is 25.8. The number of hydrogen-bond donors (Lipinski definition) is 1. The number of aliphatic hydroxyl groups is 1. The normalized spacial score (nSPS) is 23.2. The van der Waals surface area contributed by atoms with Gasteiger partial charge in [-0.25, -0.2) is 4.79 Å². The van der Waals surface area contributed by atoms with E-state index in [0.717, 1.165) is 0 Å². The summed E-state index contributed by atoms with van der Waals surface area (Å²) in [6.45, 7) is 14.8. The molecule has 0 bridgehead atoms. The summed E-state index contributed by atoms with van der Waals surface area (Å²) in [5, 5.41) is 10.0. The second-order valence-electron chi connectivity index (χ2n) is 10.7. The number of methoxy groups -OCH3 is 1. The van der Waals surface area contributed by atoms with Gasteiger partial charge in [0.1, 0.15) is 6.23 Å². The van der Waals surface area contributed by atoms with E-state index in [2.05, 4.69) is 41.5 Å². The van der Waals surface area contributed by atoms with Crippen LogP contribution in [-0.4, -0.2) is 67.1 Å². The predicted octanol–water partition coefficient (Wildman–Crippen LogP) is 1.90. The molecule has 9 nitrogen and oxygen atoms in total. The standard InChI is InChI=1S/C24H42N2O7.W/c1-23(2,3)19-17(16-27)33-21(20(19)24(4,5)6)26-9-8-18(28)25(22(26)29)10-11-31-14-15-32-13-12-30-7;/h8-9,17,19-21,27H,10-16H2,1-7H3;/t17-,19?,20?,21-;/m1./s1. The Morgan fingerprint density at radius 1 is 0.941 bits per heavy atom. The van der Waals surface area contributed by atoms with Crippen LogP contribution in [0.4, 0.5) is 0 Å². The van der Waals surface area contributed by atoms with Crippen LogP contribution in [0.25, 0.3) is 0 Å². The summed E-state index contributed by atoms with van der Waals surface area (Å²) in [5.74, 6) is -0.0139. The largest absolute Gasteiger partial charge is 0.394 e. The first-order valence-corrected chi connectivity index (χ1v) is 11.7. The zero-order valence-electron chi connectivity index (χ0n) is 21.6. The summed E-state index contributed by atoms with van der Waals surface area (Å²) in [6, 6.07) is 1.39. The molecule has 34 heavy (non-hydrogen) atoms. The molecule has 0 aliphatic carbocycles. The van der Waals surface area contributed by atoms with E-state index < -0.39 is 18.0 Å². The second-order valence-corrected chi connectivity index (χ2v) is 10.7. The molecule has 0 radical (unpaired) electrons. The van der Waals surface area contributed by atoms with Crippen molar-refractivity contribution in [2.75, 3.05) is 46.8 Å². The van der Waals surface area contributed by atoms with Gasteiger partial charge in [-0.3, -0.25) is 13.9 Å². The third-order valence-corrected chi connectivity index (χ3v) is 6.22. The monoisotopic (exact) mass is 654 g/mol. The fourth-order valence-corrected chi connectivity index (χ4v) is 4.77. The minimum atomic E-state index is -0.583. The topological polar surface area (TPSA) is 101 Å². The molecule has 1 fully saturated rings. The van der Waals surface area contributed by atoms with E-state index in [0.29, 0.717) is 26.4 Å². The van der Waals surface area contributed by atoms with E-state index in [1.165, 1.54) is 21.4 Å². The maximum atomic E-state index is 13.3. The molecule has 1 aromatic rings. The quantitative estimate of drug-likeness (QED) is 0.364. The van der Waals surface area contributed by atoms with Crippen LogP contribution in [0.1, 0.15) is 47.8 Å². The van der Waals surface area contributed by atoms with Crippen LogP contribution < -0.4 is 11.2 Å². The summed E-state index contributed by atoms with van der Waals surface area (Å²) >= 11 is 0. The van der Waals surface area contributed by atoms with E-state index >= 15 is 0 Å². The van der Waals surface area contributed by atoms with Crippen LogP contribution in [0.5, 0.6) is 0 Å². The zero-order chi connectivity index (χ0) is 24.8. The minimum Gasteiger partial charge on any atom is -0.394 e. The third kappa shape index (κ3) is 7.84. The van der Waals surface area contributed by atoms with Crippen LogP contribution in [0, 0.1) is 22.7 Å². The molecule has 4 atom stereocenters. The van der Waals surface area contributed by atoms with Gasteiger partial charge in [0.15, 0.2) is 0 Å². The molecule has 1 aliphatic rings. The number of nitrogens with zero attached hydrogens (tertiary/aromatic N) is 2. The van der Waals surface area contributed by atoms with Crippen molar-refractivity contribution in [3.05, 3.63) is 33.1 Å². The fraction of sp³-hybridized carbons (Fsp3) is 0.833. The van der Waals surface area contributed by atoms with Gasteiger partial charge in [-0.15, -0.1) is 0 Å². The summed E-state index contributed by atoms with van der Waals surface area (Å²) in [6.07, 6.45) is 0.530. The van der Waals surface area contributed by atoms with Crippen molar-refractivity contribution in [2.45, 2.75) is 60.4 Å². The van der Waals surface area contributed by atoms with Gasteiger partial charge in [-0.05, 0) is 16.7 Å². The molecule has 2 unspecified atom stereocenters. The van der Waals surface area contributed by atoms with Crippen LogP contribution in [0.3, 0.4) is 0 Å².